The molecule has 29 heteroatoms. The number of aliphatic hydroxyl groups is 5. The summed E-state index contributed by atoms with van der Waals surface area (Å²) in [6.07, 6.45) is -15.1. The first-order valence-corrected chi connectivity index (χ1v) is 32.6. The fourth-order valence-corrected chi connectivity index (χ4v) is 16.3. The van der Waals surface area contributed by atoms with Gasteiger partial charge in [0, 0.05) is 64.2 Å². The monoisotopic (exact) mass is 1430 g/mol. The first-order valence-electron chi connectivity index (χ1n) is 30.4. The third-order valence-electron chi connectivity index (χ3n) is 21.0. The number of benzene rings is 2. The van der Waals surface area contributed by atoms with Crippen molar-refractivity contribution in [2.75, 3.05) is 13.2 Å². The second-order valence-corrected chi connectivity index (χ2v) is 29.4. The molecule has 18 atom stereocenters. The normalized spacial score (nSPS) is 36.9. The molecule has 2 heterocycles. The van der Waals surface area contributed by atoms with Crippen LogP contribution in [0.2, 0.25) is 0 Å². The van der Waals surface area contributed by atoms with E-state index >= 15 is 4.79 Å². The van der Waals surface area contributed by atoms with Gasteiger partial charge in [-0.05, 0) is 85.9 Å². The summed E-state index contributed by atoms with van der Waals surface area (Å²) in [5, 5.41) is 59.5. The number of aliphatic hydroxyl groups excluding tert-OH is 3. The molecule has 95 heavy (non-hydrogen) atoms. The molecule has 0 spiro atoms. The zero-order valence-electron chi connectivity index (χ0n) is 54.0. The van der Waals surface area contributed by atoms with Crippen molar-refractivity contribution in [2.45, 2.75) is 202 Å². The van der Waals surface area contributed by atoms with Crippen molar-refractivity contribution < 1.29 is 116 Å². The molecule has 2 aliphatic heterocycles. The highest BCUT2D eigenvalue weighted by molar-refractivity contribution is 6.75. The molecule has 5 N–H and O–H groups in total. The number of halogens is 5. The van der Waals surface area contributed by atoms with Crippen LogP contribution in [0.25, 0.3) is 0 Å². The number of hydrogen-bond donors (Lipinski definition) is 5. The van der Waals surface area contributed by atoms with Gasteiger partial charge in [0.2, 0.25) is 4.84 Å². The number of Topliss-reactive ketones (excluding diaryl/α,β-unsaturated/α-hetero) is 2. The smallest absolute Gasteiger partial charge is 0.339 e. The lowest BCUT2D eigenvalue weighted by molar-refractivity contribution is -0.346. The Labute approximate surface area is 572 Å². The number of carbonyl (C=O) groups excluding carboxylic acids is 10. The highest BCUT2D eigenvalue weighted by atomic mass is 35.5. The Morgan fingerprint density at radius 2 is 0.884 bits per heavy atom. The molecule has 0 unspecified atom stereocenters. The Morgan fingerprint density at radius 1 is 0.526 bits per heavy atom. The number of hydrogen-bond acceptors (Lipinski definition) is 24. The maximum atomic E-state index is 15.2. The van der Waals surface area contributed by atoms with Crippen molar-refractivity contribution in [3.63, 3.8) is 0 Å². The quantitative estimate of drug-likeness (QED) is 0.0548. The molecule has 2 aromatic rings. The van der Waals surface area contributed by atoms with E-state index in [1.807, 2.05) is 0 Å². The summed E-state index contributed by atoms with van der Waals surface area (Å²) in [6, 6.07) is 16.0. The van der Waals surface area contributed by atoms with Gasteiger partial charge in [-0.25, -0.2) is 14.4 Å². The molecule has 0 amide bonds. The molecule has 4 bridgehead atoms. The lowest BCUT2D eigenvalue weighted by atomic mass is 9.44. The highest BCUT2D eigenvalue weighted by Gasteiger charge is 2.81. The summed E-state index contributed by atoms with van der Waals surface area (Å²) in [4.78, 5) is 128. The van der Waals surface area contributed by atoms with E-state index in [9.17, 15) is 68.7 Å². The second kappa shape index (κ2) is 27.3. The van der Waals surface area contributed by atoms with Crippen LogP contribution in [-0.4, -0.2) is 190 Å². The predicted octanol–water partition coefficient (Wildman–Crippen LogP) is 6.22. The van der Waals surface area contributed by atoms with Gasteiger partial charge in [0.1, 0.15) is 41.7 Å². The molecule has 10 rings (SSSR count). The first kappa shape index (κ1) is 75.2. The number of ether oxygens (including phenoxy) is 9. The molecule has 6 fully saturated rings. The van der Waals surface area contributed by atoms with Crippen LogP contribution in [-0.2, 0) is 81.0 Å². The second-order valence-electron chi connectivity index (χ2n) is 26.9. The van der Waals surface area contributed by atoms with Gasteiger partial charge in [-0.2, -0.15) is 0 Å². The number of fused-ring (bicyclic) bond motifs is 10. The van der Waals surface area contributed by atoms with Crippen LogP contribution in [0.4, 0.5) is 0 Å². The van der Waals surface area contributed by atoms with Gasteiger partial charge >= 0.3 is 41.8 Å². The molecular formula is C66H77Cl5O24. The third kappa shape index (κ3) is 12.6. The van der Waals surface area contributed by atoms with Crippen LogP contribution >= 0.6 is 58.0 Å². The Morgan fingerprint density at radius 3 is 1.21 bits per heavy atom. The molecule has 520 valence electrons. The van der Waals surface area contributed by atoms with Gasteiger partial charge in [-0.3, -0.25) is 33.6 Å². The van der Waals surface area contributed by atoms with E-state index in [0.717, 1.165) is 20.8 Å². The topological polar surface area (TPSA) is 355 Å². The van der Waals surface area contributed by atoms with E-state index in [0.29, 0.717) is 5.57 Å². The van der Waals surface area contributed by atoms with Crippen molar-refractivity contribution in [2.24, 2.45) is 33.5 Å². The summed E-state index contributed by atoms with van der Waals surface area (Å²) in [6.45, 7) is 16.5. The first-order chi connectivity index (χ1) is 44.0. The van der Waals surface area contributed by atoms with E-state index in [1.165, 1.54) is 45.0 Å². The molecule has 0 radical (unpaired) electrons. The SMILES string of the molecule is CC(=O)O[C@H]1C(=O)[C@@]2(C)[C@H]([C@H](OC(=O)c3ccccc3)[C@]3(O)C[C@H](O)C(C)=C1C3(C)C)[C@]1(OC(C)=O)CO[C@@H]1C[C@@H]2O.CC(=O)O[C@H]1C(=O)[C@]2(C)[C@@H](OC(=O)C(Cl)Cl)C[C@H]3OC[C@@]3(OC(C)=O)[C@H]2[C@H](OC(=O)c2ccccc2)[C@]2(O)C[C@H](O)C(C)=C1C2(C)C.O=C(Cl)C(Cl)Cl. The molecule has 8 aliphatic rings. The minimum Gasteiger partial charge on any atom is -0.459 e. The number of carbonyl (C=O) groups is 10. The van der Waals surface area contributed by atoms with Crippen molar-refractivity contribution in [1.29, 1.82) is 0 Å². The van der Waals surface area contributed by atoms with Crippen LogP contribution in [0.3, 0.4) is 0 Å². The summed E-state index contributed by atoms with van der Waals surface area (Å²) in [5.74, 6) is -10.3. The van der Waals surface area contributed by atoms with E-state index < -0.39 is 192 Å². The number of esters is 7. The fourth-order valence-electron chi connectivity index (χ4n) is 16.2. The van der Waals surface area contributed by atoms with Gasteiger partial charge < -0.3 is 68.2 Å². The molecule has 0 aromatic heterocycles. The average molecular weight is 1430 g/mol. The zero-order chi connectivity index (χ0) is 71.0. The van der Waals surface area contributed by atoms with Crippen molar-refractivity contribution in [3.05, 3.63) is 94.1 Å². The van der Waals surface area contributed by atoms with E-state index in [1.54, 1.807) is 77.9 Å². The Bertz CT molecular complexity index is 3490. The summed E-state index contributed by atoms with van der Waals surface area (Å²) in [7, 11) is 0. The minimum absolute atomic E-state index is 0.0885. The predicted molar refractivity (Wildman–Crippen MR) is 335 cm³/mol. The molecule has 4 saturated carbocycles. The minimum atomic E-state index is -2.21. The molecular weight excluding hydrogens is 1350 g/mol. The molecule has 2 saturated heterocycles. The molecule has 6 aliphatic carbocycles. The Balaban J connectivity index is 0.000000225. The van der Waals surface area contributed by atoms with Gasteiger partial charge in [-0.1, -0.05) is 110 Å². The Hall–Kier alpha value is -5.61. The van der Waals surface area contributed by atoms with Crippen LogP contribution in [0.15, 0.2) is 83.0 Å². The maximum Gasteiger partial charge on any atom is 0.339 e. The largest absolute Gasteiger partial charge is 0.459 e. The summed E-state index contributed by atoms with van der Waals surface area (Å²) < 4.78 is 53.1. The van der Waals surface area contributed by atoms with Crippen LogP contribution in [0.1, 0.15) is 129 Å². The lowest BCUT2D eigenvalue weighted by Crippen LogP contribution is -2.82. The zero-order valence-corrected chi connectivity index (χ0v) is 57.8. The van der Waals surface area contributed by atoms with Crippen molar-refractivity contribution in [1.82, 2.24) is 0 Å². The van der Waals surface area contributed by atoms with E-state index in [2.05, 4.69) is 0 Å². The summed E-state index contributed by atoms with van der Waals surface area (Å²) in [5.41, 5.74) is -13.4. The van der Waals surface area contributed by atoms with Gasteiger partial charge in [0.25, 0.3) is 5.24 Å². The highest BCUT2D eigenvalue weighted by Crippen LogP contribution is 2.67. The van der Waals surface area contributed by atoms with Crippen LogP contribution in [0.5, 0.6) is 0 Å². The number of rotatable bonds is 11. The lowest BCUT2D eigenvalue weighted by Gasteiger charge is -2.67. The fraction of sp³-hybridized carbons (Fsp3) is 0.606. The van der Waals surface area contributed by atoms with Crippen LogP contribution < -0.4 is 0 Å². The average Bonchev–Trinajstić information content (AvgIpc) is 0.676. The van der Waals surface area contributed by atoms with Crippen molar-refractivity contribution in [3.8, 4) is 0 Å². The van der Waals surface area contributed by atoms with Gasteiger partial charge in [0.05, 0.1) is 65.3 Å². The van der Waals surface area contributed by atoms with E-state index in [4.69, 9.17) is 101 Å². The van der Waals surface area contributed by atoms with Gasteiger partial charge in [-0.15, -0.1) is 0 Å². The number of alkyl halides is 4. The maximum absolute atomic E-state index is 15.2. The molecule has 24 nitrogen and oxygen atoms in total. The Kier molecular flexibility index (Phi) is 21.6. The van der Waals surface area contributed by atoms with Crippen LogP contribution in [0, 0.1) is 33.5 Å². The molecule has 2 aromatic carbocycles. The third-order valence-corrected chi connectivity index (χ3v) is 22.2. The van der Waals surface area contributed by atoms with Gasteiger partial charge in [0.15, 0.2) is 39.8 Å². The summed E-state index contributed by atoms with van der Waals surface area (Å²) >= 11 is 26.2. The van der Waals surface area contributed by atoms with E-state index in [-0.39, 0.29) is 60.3 Å². The van der Waals surface area contributed by atoms with Crippen molar-refractivity contribution >= 4 is 117 Å². The standard InChI is InChI=1S/C33H38Cl2O12.C31H38O11.C2HCl3O/c1-15-19(38)13-33(42)26(46-28(40)18-10-8-7-9-11-18)24-31(6,25(39)23(44-16(2)36)22(15)30(33,4)5)20(45-29(41)27(34)35)12-21-32(24,14-43-21)47-17(3)37;1-15-19(34)13-31(38)26(41-27(37)18-10-8-7-9-11-18)24-29(6,20(35)12-21-30(24,14-39-21)42-17(3)33)25(36)23(40-16(2)32)22(15)28(31,4)5;3-1(4)2(5)6/h7-11,19-21,23-24,26-27,38,42H,12-14H2,1-6H3;7-11,19-21,23-24,26,34-35,38H,12-14H2,1-6H3;1H/t19-,20-,21+,23+,24-,26-,31+,32-,33+;19-,20-,21+,23+,24-,26-,29+,30-,31+;/m00./s1. The number of ketones is 2.